The summed E-state index contributed by atoms with van der Waals surface area (Å²) in [6.45, 7) is 6.80. The van der Waals surface area contributed by atoms with Gasteiger partial charge in [-0.15, -0.1) is 0 Å². The minimum Gasteiger partial charge on any atom is -0.353 e. The Morgan fingerprint density at radius 2 is 2.10 bits per heavy atom. The van der Waals surface area contributed by atoms with E-state index in [-0.39, 0.29) is 17.1 Å². The van der Waals surface area contributed by atoms with Crippen molar-refractivity contribution in [2.75, 3.05) is 0 Å². The van der Waals surface area contributed by atoms with Crippen LogP contribution in [-0.4, -0.2) is 4.57 Å². The van der Waals surface area contributed by atoms with Gasteiger partial charge in [0.1, 0.15) is 11.7 Å². The highest BCUT2D eigenvalue weighted by molar-refractivity contribution is 14.1. The highest BCUT2D eigenvalue weighted by atomic mass is 127. The van der Waals surface area contributed by atoms with Gasteiger partial charge in [-0.25, -0.2) is 0 Å². The third kappa shape index (κ3) is 1.33. The summed E-state index contributed by atoms with van der Waals surface area (Å²) in [5, 5.41) is 1.33. The van der Waals surface area contributed by atoms with Crippen molar-refractivity contribution in [3.05, 3.63) is 45.2 Å². The van der Waals surface area contributed by atoms with Crippen molar-refractivity contribution in [2.24, 2.45) is 12.5 Å². The van der Waals surface area contributed by atoms with E-state index in [1.807, 2.05) is 0 Å². The Morgan fingerprint density at radius 1 is 1.35 bits per heavy atom. The number of benzene rings is 1. The van der Waals surface area contributed by atoms with Gasteiger partial charge < -0.3 is 9.30 Å². The van der Waals surface area contributed by atoms with Crippen molar-refractivity contribution in [2.45, 2.75) is 32.5 Å². The average molecular weight is 379 g/mol. The molecule has 2 aliphatic heterocycles. The van der Waals surface area contributed by atoms with E-state index >= 15 is 0 Å². The molecule has 3 heteroatoms. The van der Waals surface area contributed by atoms with Crippen molar-refractivity contribution < 1.29 is 4.74 Å². The Kier molecular flexibility index (Phi) is 2.38. The third-order valence-corrected chi connectivity index (χ3v) is 5.64. The maximum atomic E-state index is 6.45. The quantitative estimate of drug-likeness (QED) is 0.480. The molecule has 104 valence electrons. The van der Waals surface area contributed by atoms with Gasteiger partial charge in [-0.3, -0.25) is 0 Å². The first-order valence-corrected chi connectivity index (χ1v) is 8.08. The first-order chi connectivity index (χ1) is 9.35. The second-order valence-electron chi connectivity index (χ2n) is 6.89. The Bertz CT molecular complexity index is 765. The minimum absolute atomic E-state index is 0.0352. The maximum Gasteiger partial charge on any atom is 0.120 e. The molecule has 3 heterocycles. The van der Waals surface area contributed by atoms with Gasteiger partial charge in [0.05, 0.1) is 5.52 Å². The molecule has 2 bridgehead atoms. The molecule has 0 radical (unpaired) electrons. The lowest BCUT2D eigenvalue weighted by Crippen LogP contribution is -2.37. The predicted octanol–water partition coefficient (Wildman–Crippen LogP) is 4.67. The fraction of sp³-hybridized carbons (Fsp3) is 0.412. The van der Waals surface area contributed by atoms with Gasteiger partial charge in [0.25, 0.3) is 0 Å². The molecular weight excluding hydrogens is 361 g/mol. The number of aromatic nitrogens is 1. The van der Waals surface area contributed by atoms with Gasteiger partial charge in [0.15, 0.2) is 0 Å². The van der Waals surface area contributed by atoms with Gasteiger partial charge in [-0.1, -0.05) is 26.8 Å². The standard InChI is InChI=1S/C17H18INO/c1-16(2,3)17-7-5-13(20-17)11-9-12(18)10-6-8-19(4)15(10)14(11)17/h5-9,13H,1-4H3. The molecular formula is C17H18INO. The summed E-state index contributed by atoms with van der Waals surface area (Å²) >= 11 is 2.44. The molecule has 2 aliphatic rings. The lowest BCUT2D eigenvalue weighted by atomic mass is 9.70. The van der Waals surface area contributed by atoms with Crippen LogP contribution in [0.5, 0.6) is 0 Å². The number of ether oxygens (including phenoxy) is 1. The summed E-state index contributed by atoms with van der Waals surface area (Å²) in [5.41, 5.74) is 3.80. The summed E-state index contributed by atoms with van der Waals surface area (Å²) in [5.74, 6) is 0. The molecule has 2 unspecified atom stereocenters. The van der Waals surface area contributed by atoms with E-state index < -0.39 is 0 Å². The smallest absolute Gasteiger partial charge is 0.120 e. The van der Waals surface area contributed by atoms with Crippen molar-refractivity contribution in [3.63, 3.8) is 0 Å². The Morgan fingerprint density at radius 3 is 2.80 bits per heavy atom. The molecule has 0 amide bonds. The monoisotopic (exact) mass is 379 g/mol. The lowest BCUT2D eigenvalue weighted by Gasteiger charge is -2.38. The van der Waals surface area contributed by atoms with E-state index in [4.69, 9.17) is 4.74 Å². The highest BCUT2D eigenvalue weighted by Gasteiger charge is 2.55. The van der Waals surface area contributed by atoms with E-state index in [1.54, 1.807) is 0 Å². The summed E-state index contributed by atoms with van der Waals surface area (Å²) in [6.07, 6.45) is 6.77. The summed E-state index contributed by atoms with van der Waals surface area (Å²) < 4.78 is 10.0. The first-order valence-electron chi connectivity index (χ1n) is 7.00. The molecule has 0 saturated heterocycles. The molecule has 2 atom stereocenters. The van der Waals surface area contributed by atoms with Crippen LogP contribution < -0.4 is 0 Å². The van der Waals surface area contributed by atoms with E-state index in [9.17, 15) is 0 Å². The molecule has 0 spiro atoms. The number of hydrogen-bond donors (Lipinski definition) is 0. The van der Waals surface area contributed by atoms with Crippen molar-refractivity contribution >= 4 is 33.5 Å². The number of halogens is 1. The largest absolute Gasteiger partial charge is 0.353 e. The van der Waals surface area contributed by atoms with Crippen LogP contribution in [0.2, 0.25) is 0 Å². The van der Waals surface area contributed by atoms with Crippen molar-refractivity contribution in [3.8, 4) is 0 Å². The first kappa shape index (κ1) is 12.9. The molecule has 20 heavy (non-hydrogen) atoms. The molecule has 0 N–H and O–H groups in total. The molecule has 2 aromatic rings. The van der Waals surface area contributed by atoms with Crippen LogP contribution >= 0.6 is 22.6 Å². The zero-order chi connectivity index (χ0) is 14.3. The number of aryl methyl sites for hydroxylation is 1. The lowest BCUT2D eigenvalue weighted by molar-refractivity contribution is -0.0747. The third-order valence-electron chi connectivity index (χ3n) is 4.75. The molecule has 4 rings (SSSR count). The molecule has 1 aromatic heterocycles. The van der Waals surface area contributed by atoms with Gasteiger partial charge in [-0.2, -0.15) is 0 Å². The molecule has 0 fully saturated rings. The summed E-state index contributed by atoms with van der Waals surface area (Å²) in [7, 11) is 2.13. The van der Waals surface area contributed by atoms with E-state index in [0.29, 0.717) is 0 Å². The predicted molar refractivity (Wildman–Crippen MR) is 89.7 cm³/mol. The Labute approximate surface area is 132 Å². The van der Waals surface area contributed by atoms with Crippen LogP contribution in [0.25, 0.3) is 10.9 Å². The topological polar surface area (TPSA) is 14.2 Å². The van der Waals surface area contributed by atoms with Crippen LogP contribution in [0.15, 0.2) is 30.5 Å². The number of hydrogen-bond acceptors (Lipinski definition) is 1. The van der Waals surface area contributed by atoms with Gasteiger partial charge in [0, 0.05) is 27.8 Å². The SMILES string of the molecule is Cn1ccc2c(I)cc3c(c21)C1(C(C)(C)C)C=CC3O1. The molecule has 1 aromatic carbocycles. The average Bonchev–Trinajstić information content (AvgIpc) is 3.01. The van der Waals surface area contributed by atoms with Gasteiger partial charge in [-0.05, 0) is 51.8 Å². The zero-order valence-corrected chi connectivity index (χ0v) is 14.4. The van der Waals surface area contributed by atoms with Crippen LogP contribution in [0.4, 0.5) is 0 Å². The van der Waals surface area contributed by atoms with Crippen LogP contribution in [0.3, 0.4) is 0 Å². The molecule has 0 aliphatic carbocycles. The normalized spacial score (nSPS) is 27.6. The van der Waals surface area contributed by atoms with Gasteiger partial charge >= 0.3 is 0 Å². The van der Waals surface area contributed by atoms with E-state index in [0.717, 1.165) is 0 Å². The van der Waals surface area contributed by atoms with Crippen LogP contribution in [0.1, 0.15) is 38.0 Å². The van der Waals surface area contributed by atoms with Crippen molar-refractivity contribution in [1.29, 1.82) is 0 Å². The minimum atomic E-state index is -0.290. The summed E-state index contributed by atoms with van der Waals surface area (Å²) in [4.78, 5) is 0. The van der Waals surface area contributed by atoms with Crippen LogP contribution in [-0.2, 0) is 17.4 Å². The second-order valence-corrected chi connectivity index (χ2v) is 8.06. The van der Waals surface area contributed by atoms with Crippen molar-refractivity contribution in [1.82, 2.24) is 4.57 Å². The van der Waals surface area contributed by atoms with E-state index in [1.165, 1.54) is 25.6 Å². The fourth-order valence-corrected chi connectivity index (χ4v) is 4.46. The van der Waals surface area contributed by atoms with E-state index in [2.05, 4.69) is 85.5 Å². The Hall–Kier alpha value is -0.810. The zero-order valence-electron chi connectivity index (χ0n) is 12.2. The Balaban J connectivity index is 2.17. The molecule has 0 saturated carbocycles. The number of rotatable bonds is 0. The molecule has 2 nitrogen and oxygen atoms in total. The maximum absolute atomic E-state index is 6.45. The fourth-order valence-electron chi connectivity index (χ4n) is 3.68. The number of fused-ring (bicyclic) bond motifs is 7. The second kappa shape index (κ2) is 3.69. The number of nitrogens with zero attached hydrogens (tertiary/aromatic N) is 1. The van der Waals surface area contributed by atoms with Gasteiger partial charge in [0.2, 0.25) is 0 Å². The summed E-state index contributed by atoms with van der Waals surface area (Å²) in [6, 6.07) is 4.52. The van der Waals surface area contributed by atoms with Crippen LogP contribution in [0, 0.1) is 8.99 Å². The highest BCUT2D eigenvalue weighted by Crippen LogP contribution is 2.60.